The molecule has 1 atom stereocenters. The molecule has 3 heteroatoms. The maximum atomic E-state index is 5.43. The van der Waals surface area contributed by atoms with Gasteiger partial charge in [0.1, 0.15) is 11.4 Å². The Bertz CT molecular complexity index is 606. The van der Waals surface area contributed by atoms with Crippen molar-refractivity contribution < 1.29 is 4.74 Å². The minimum atomic E-state index is 0.460. The molecule has 21 heavy (non-hydrogen) atoms. The van der Waals surface area contributed by atoms with Crippen molar-refractivity contribution in [3.63, 3.8) is 0 Å². The molecule has 2 aromatic rings. The number of hydrogen-bond acceptors (Lipinski definition) is 3. The Kier molecular flexibility index (Phi) is 4.20. The fourth-order valence-corrected chi connectivity index (χ4v) is 3.06. The van der Waals surface area contributed by atoms with Crippen LogP contribution in [0.2, 0.25) is 0 Å². The number of methoxy groups -OCH3 is 1. The molecule has 1 saturated heterocycles. The summed E-state index contributed by atoms with van der Waals surface area (Å²) in [7, 11) is 1.69. The normalized spacial score (nSPS) is 16.9. The first-order valence-corrected chi connectivity index (χ1v) is 7.63. The minimum absolute atomic E-state index is 0.460. The fraction of sp³-hybridized carbons (Fsp3) is 0.389. The van der Waals surface area contributed by atoms with E-state index < -0.39 is 0 Å². The predicted molar refractivity (Wildman–Crippen MR) is 85.4 cm³/mol. The van der Waals surface area contributed by atoms with E-state index in [9.17, 15) is 0 Å². The Balaban J connectivity index is 1.92. The monoisotopic (exact) mass is 282 g/mol. The van der Waals surface area contributed by atoms with Crippen LogP contribution in [0.4, 0.5) is 0 Å². The largest absolute Gasteiger partial charge is 0.494 e. The standard InChI is InChI=1S/C18H22N2O/c1-14(20-11-3-4-12-20)15-7-5-8-16(13-15)18-17(21-2)9-6-10-19-18/h5-10,13-14H,3-4,11-12H2,1-2H3/t14-/m0/s1. The number of nitrogens with zero attached hydrogens (tertiary/aromatic N) is 2. The van der Waals surface area contributed by atoms with Gasteiger partial charge in [0, 0.05) is 17.8 Å². The van der Waals surface area contributed by atoms with E-state index in [0.29, 0.717) is 6.04 Å². The van der Waals surface area contributed by atoms with Gasteiger partial charge >= 0.3 is 0 Å². The molecule has 0 radical (unpaired) electrons. The van der Waals surface area contributed by atoms with Gasteiger partial charge in [-0.15, -0.1) is 0 Å². The number of benzene rings is 1. The minimum Gasteiger partial charge on any atom is -0.494 e. The molecule has 0 unspecified atom stereocenters. The van der Waals surface area contributed by atoms with Gasteiger partial charge in [0.2, 0.25) is 0 Å². The lowest BCUT2D eigenvalue weighted by Gasteiger charge is -2.24. The van der Waals surface area contributed by atoms with Crippen LogP contribution in [0.1, 0.15) is 31.4 Å². The van der Waals surface area contributed by atoms with Crippen LogP contribution in [0.15, 0.2) is 42.6 Å². The first-order valence-electron chi connectivity index (χ1n) is 7.63. The van der Waals surface area contributed by atoms with Crippen LogP contribution in [0.5, 0.6) is 5.75 Å². The molecule has 0 bridgehead atoms. The molecule has 0 spiro atoms. The van der Waals surface area contributed by atoms with Crippen molar-refractivity contribution in [2.45, 2.75) is 25.8 Å². The van der Waals surface area contributed by atoms with E-state index in [0.717, 1.165) is 17.0 Å². The van der Waals surface area contributed by atoms with Gasteiger partial charge in [-0.1, -0.05) is 18.2 Å². The van der Waals surface area contributed by atoms with Crippen molar-refractivity contribution in [1.82, 2.24) is 9.88 Å². The van der Waals surface area contributed by atoms with E-state index in [1.165, 1.54) is 31.5 Å². The Morgan fingerprint density at radius 2 is 1.95 bits per heavy atom. The van der Waals surface area contributed by atoms with E-state index >= 15 is 0 Å². The molecule has 0 saturated carbocycles. The van der Waals surface area contributed by atoms with Crippen LogP contribution in [-0.4, -0.2) is 30.1 Å². The zero-order valence-corrected chi connectivity index (χ0v) is 12.7. The third-order valence-corrected chi connectivity index (χ3v) is 4.32. The second-order valence-electron chi connectivity index (χ2n) is 5.60. The van der Waals surface area contributed by atoms with E-state index in [-0.39, 0.29) is 0 Å². The lowest BCUT2D eigenvalue weighted by molar-refractivity contribution is 0.263. The lowest BCUT2D eigenvalue weighted by Crippen LogP contribution is -2.23. The molecule has 1 aliphatic heterocycles. The number of likely N-dealkylation sites (tertiary alicyclic amines) is 1. The van der Waals surface area contributed by atoms with Gasteiger partial charge in [0.05, 0.1) is 7.11 Å². The fourth-order valence-electron chi connectivity index (χ4n) is 3.06. The molecule has 1 fully saturated rings. The predicted octanol–water partition coefficient (Wildman–Crippen LogP) is 3.91. The molecule has 1 aromatic heterocycles. The van der Waals surface area contributed by atoms with Gasteiger partial charge in [-0.2, -0.15) is 0 Å². The molecule has 1 aliphatic rings. The molecular formula is C18H22N2O. The summed E-state index contributed by atoms with van der Waals surface area (Å²) in [4.78, 5) is 7.03. The van der Waals surface area contributed by atoms with Crippen LogP contribution < -0.4 is 4.74 Å². The molecular weight excluding hydrogens is 260 g/mol. The summed E-state index contributed by atoms with van der Waals surface area (Å²) < 4.78 is 5.43. The summed E-state index contributed by atoms with van der Waals surface area (Å²) in [5.74, 6) is 0.823. The summed E-state index contributed by atoms with van der Waals surface area (Å²) in [5.41, 5.74) is 3.38. The van der Waals surface area contributed by atoms with Crippen molar-refractivity contribution in [1.29, 1.82) is 0 Å². The zero-order chi connectivity index (χ0) is 14.7. The molecule has 1 aromatic carbocycles. The number of aromatic nitrogens is 1. The topological polar surface area (TPSA) is 25.4 Å². The summed E-state index contributed by atoms with van der Waals surface area (Å²) >= 11 is 0. The summed E-state index contributed by atoms with van der Waals surface area (Å²) in [6.45, 7) is 4.71. The van der Waals surface area contributed by atoms with Crippen molar-refractivity contribution >= 4 is 0 Å². The molecule has 3 rings (SSSR count). The Labute approximate surface area is 126 Å². The number of ether oxygens (including phenoxy) is 1. The second kappa shape index (κ2) is 6.27. The SMILES string of the molecule is COc1cccnc1-c1cccc([C@H](C)N2CCCC2)c1. The molecule has 110 valence electrons. The molecule has 2 heterocycles. The van der Waals surface area contributed by atoms with Crippen LogP contribution in [0.3, 0.4) is 0 Å². The lowest BCUT2D eigenvalue weighted by atomic mass is 10.0. The first kappa shape index (κ1) is 14.1. The Morgan fingerprint density at radius 3 is 2.71 bits per heavy atom. The van der Waals surface area contributed by atoms with Crippen molar-refractivity contribution in [2.75, 3.05) is 20.2 Å². The second-order valence-corrected chi connectivity index (χ2v) is 5.60. The van der Waals surface area contributed by atoms with Crippen LogP contribution in [0.25, 0.3) is 11.3 Å². The van der Waals surface area contributed by atoms with Gasteiger partial charge < -0.3 is 4.74 Å². The third-order valence-electron chi connectivity index (χ3n) is 4.32. The maximum absolute atomic E-state index is 5.43. The van der Waals surface area contributed by atoms with E-state index in [1.807, 2.05) is 18.3 Å². The van der Waals surface area contributed by atoms with Crippen LogP contribution in [0, 0.1) is 0 Å². The summed E-state index contributed by atoms with van der Waals surface area (Å²) in [6.07, 6.45) is 4.45. The molecule has 0 aliphatic carbocycles. The Hall–Kier alpha value is -1.87. The van der Waals surface area contributed by atoms with Gasteiger partial charge in [0.15, 0.2) is 0 Å². The maximum Gasteiger partial charge on any atom is 0.145 e. The molecule has 0 N–H and O–H groups in total. The average molecular weight is 282 g/mol. The van der Waals surface area contributed by atoms with Crippen molar-refractivity contribution in [3.05, 3.63) is 48.2 Å². The zero-order valence-electron chi connectivity index (χ0n) is 12.7. The van der Waals surface area contributed by atoms with E-state index in [4.69, 9.17) is 4.74 Å². The van der Waals surface area contributed by atoms with E-state index in [2.05, 4.69) is 41.1 Å². The Morgan fingerprint density at radius 1 is 1.14 bits per heavy atom. The van der Waals surface area contributed by atoms with Crippen LogP contribution >= 0.6 is 0 Å². The summed E-state index contributed by atoms with van der Waals surface area (Å²) in [6, 6.07) is 13.0. The van der Waals surface area contributed by atoms with Crippen molar-refractivity contribution in [3.8, 4) is 17.0 Å². The van der Waals surface area contributed by atoms with E-state index in [1.54, 1.807) is 7.11 Å². The number of hydrogen-bond donors (Lipinski definition) is 0. The summed E-state index contributed by atoms with van der Waals surface area (Å²) in [5, 5.41) is 0. The van der Waals surface area contributed by atoms with Gasteiger partial charge in [0.25, 0.3) is 0 Å². The highest BCUT2D eigenvalue weighted by Gasteiger charge is 2.20. The quantitative estimate of drug-likeness (QED) is 0.850. The number of pyridine rings is 1. The highest BCUT2D eigenvalue weighted by atomic mass is 16.5. The molecule has 3 nitrogen and oxygen atoms in total. The number of rotatable bonds is 4. The smallest absolute Gasteiger partial charge is 0.145 e. The molecule has 0 amide bonds. The highest BCUT2D eigenvalue weighted by molar-refractivity contribution is 5.66. The van der Waals surface area contributed by atoms with Gasteiger partial charge in [-0.3, -0.25) is 9.88 Å². The highest BCUT2D eigenvalue weighted by Crippen LogP contribution is 2.31. The third kappa shape index (κ3) is 2.93. The van der Waals surface area contributed by atoms with Gasteiger partial charge in [-0.05, 0) is 56.6 Å². The van der Waals surface area contributed by atoms with Crippen LogP contribution in [-0.2, 0) is 0 Å². The first-order chi connectivity index (χ1) is 10.3. The van der Waals surface area contributed by atoms with Crippen molar-refractivity contribution in [2.24, 2.45) is 0 Å². The van der Waals surface area contributed by atoms with Gasteiger partial charge in [-0.25, -0.2) is 0 Å². The average Bonchev–Trinajstić information content (AvgIpc) is 3.08.